The fourth-order valence-electron chi connectivity index (χ4n) is 2.72. The summed E-state index contributed by atoms with van der Waals surface area (Å²) in [6, 6.07) is 0. The third kappa shape index (κ3) is 4.05. The SMILES string of the molecule is CCC1CCN(S(=O)(=O)c2cnn(CCCNC)c2)CC1. The van der Waals surface area contributed by atoms with E-state index in [4.69, 9.17) is 0 Å². The van der Waals surface area contributed by atoms with Gasteiger partial charge in [0.25, 0.3) is 0 Å². The van der Waals surface area contributed by atoms with Gasteiger partial charge in [0.05, 0.1) is 6.20 Å². The molecule has 0 saturated carbocycles. The van der Waals surface area contributed by atoms with Gasteiger partial charge in [-0.3, -0.25) is 4.68 Å². The van der Waals surface area contributed by atoms with E-state index < -0.39 is 10.0 Å². The molecule has 2 rings (SSSR count). The standard InChI is InChI=1S/C14H26N4O2S/c1-3-13-5-9-18(10-6-13)21(19,20)14-11-16-17(12-14)8-4-7-15-2/h11-13,15H,3-10H2,1-2H3. The van der Waals surface area contributed by atoms with Crippen LogP contribution >= 0.6 is 0 Å². The third-order valence-corrected chi connectivity index (χ3v) is 6.06. The van der Waals surface area contributed by atoms with Gasteiger partial charge in [-0.15, -0.1) is 0 Å². The third-order valence-electron chi connectivity index (χ3n) is 4.21. The number of hydrogen-bond donors (Lipinski definition) is 1. The smallest absolute Gasteiger partial charge is 0.246 e. The summed E-state index contributed by atoms with van der Waals surface area (Å²) in [4.78, 5) is 0.321. The molecular weight excluding hydrogens is 288 g/mol. The lowest BCUT2D eigenvalue weighted by atomic mass is 9.96. The van der Waals surface area contributed by atoms with E-state index in [9.17, 15) is 8.42 Å². The molecule has 0 bridgehead atoms. The van der Waals surface area contributed by atoms with E-state index in [1.165, 1.54) is 6.20 Å². The van der Waals surface area contributed by atoms with Crippen LogP contribution in [0.25, 0.3) is 0 Å². The Bertz CT molecular complexity index is 533. The van der Waals surface area contributed by atoms with Crippen molar-refractivity contribution in [3.05, 3.63) is 12.4 Å². The van der Waals surface area contributed by atoms with E-state index in [2.05, 4.69) is 17.3 Å². The summed E-state index contributed by atoms with van der Waals surface area (Å²) >= 11 is 0. The number of nitrogens with one attached hydrogen (secondary N) is 1. The molecule has 0 radical (unpaired) electrons. The molecule has 1 aliphatic heterocycles. The first-order valence-electron chi connectivity index (χ1n) is 7.75. The Morgan fingerprint density at radius 1 is 1.38 bits per heavy atom. The van der Waals surface area contributed by atoms with Crippen molar-refractivity contribution in [3.63, 3.8) is 0 Å². The lowest BCUT2D eigenvalue weighted by molar-refractivity contribution is 0.269. The highest BCUT2D eigenvalue weighted by Crippen LogP contribution is 2.25. The van der Waals surface area contributed by atoms with Crippen LogP contribution in [-0.2, 0) is 16.6 Å². The van der Waals surface area contributed by atoms with Crippen molar-refractivity contribution in [1.82, 2.24) is 19.4 Å². The number of nitrogens with zero attached hydrogens (tertiary/aromatic N) is 3. The molecule has 6 nitrogen and oxygen atoms in total. The maximum atomic E-state index is 12.6. The molecule has 2 heterocycles. The average Bonchev–Trinajstić information content (AvgIpc) is 2.97. The summed E-state index contributed by atoms with van der Waals surface area (Å²) < 4.78 is 28.5. The average molecular weight is 314 g/mol. The number of sulfonamides is 1. The lowest BCUT2D eigenvalue weighted by Gasteiger charge is -2.30. The predicted octanol–water partition coefficient (Wildman–Crippen LogP) is 1.30. The second-order valence-corrected chi connectivity index (χ2v) is 7.59. The van der Waals surface area contributed by atoms with Crippen LogP contribution in [0.1, 0.15) is 32.6 Å². The van der Waals surface area contributed by atoms with Crippen LogP contribution in [0.2, 0.25) is 0 Å². The Morgan fingerprint density at radius 3 is 2.71 bits per heavy atom. The van der Waals surface area contributed by atoms with Crippen molar-refractivity contribution >= 4 is 10.0 Å². The van der Waals surface area contributed by atoms with E-state index in [1.807, 2.05) is 7.05 Å². The van der Waals surface area contributed by atoms with Crippen molar-refractivity contribution in [3.8, 4) is 0 Å². The first-order chi connectivity index (χ1) is 10.1. The van der Waals surface area contributed by atoms with Gasteiger partial charge in [0.15, 0.2) is 0 Å². The van der Waals surface area contributed by atoms with Gasteiger partial charge in [-0.05, 0) is 38.8 Å². The van der Waals surface area contributed by atoms with Crippen LogP contribution in [0.15, 0.2) is 17.3 Å². The molecule has 1 saturated heterocycles. The van der Waals surface area contributed by atoms with Crippen molar-refractivity contribution in [1.29, 1.82) is 0 Å². The molecule has 0 atom stereocenters. The van der Waals surface area contributed by atoms with Gasteiger partial charge in [0.1, 0.15) is 4.90 Å². The van der Waals surface area contributed by atoms with Crippen LogP contribution in [0.3, 0.4) is 0 Å². The van der Waals surface area contributed by atoms with Gasteiger partial charge in [-0.25, -0.2) is 8.42 Å². The summed E-state index contributed by atoms with van der Waals surface area (Å²) in [7, 11) is -1.47. The van der Waals surface area contributed by atoms with Crippen LogP contribution in [0, 0.1) is 5.92 Å². The Morgan fingerprint density at radius 2 is 2.10 bits per heavy atom. The van der Waals surface area contributed by atoms with Crippen LogP contribution < -0.4 is 5.32 Å². The summed E-state index contributed by atoms with van der Waals surface area (Å²) in [5.74, 6) is 0.667. The number of rotatable bonds is 7. The molecule has 1 aromatic heterocycles. The molecule has 1 aromatic rings. The van der Waals surface area contributed by atoms with Crippen molar-refractivity contribution in [2.45, 2.75) is 44.0 Å². The van der Waals surface area contributed by atoms with Gasteiger partial charge in [-0.2, -0.15) is 9.40 Å². The number of hydrogen-bond acceptors (Lipinski definition) is 4. The fraction of sp³-hybridized carbons (Fsp3) is 0.786. The molecule has 0 aliphatic carbocycles. The van der Waals surface area contributed by atoms with E-state index >= 15 is 0 Å². The first kappa shape index (κ1) is 16.5. The Labute approximate surface area is 127 Å². The van der Waals surface area contributed by atoms with Gasteiger partial charge in [0.2, 0.25) is 10.0 Å². The molecule has 1 aliphatic rings. The van der Waals surface area contributed by atoms with E-state index in [0.717, 1.165) is 38.8 Å². The normalized spacial score (nSPS) is 18.2. The van der Waals surface area contributed by atoms with Gasteiger partial charge >= 0.3 is 0 Å². The largest absolute Gasteiger partial charge is 0.320 e. The second kappa shape index (κ2) is 7.38. The molecule has 0 unspecified atom stereocenters. The van der Waals surface area contributed by atoms with Gasteiger partial charge in [-0.1, -0.05) is 13.3 Å². The highest BCUT2D eigenvalue weighted by molar-refractivity contribution is 7.89. The van der Waals surface area contributed by atoms with Crippen molar-refractivity contribution in [2.75, 3.05) is 26.7 Å². The van der Waals surface area contributed by atoms with Gasteiger partial charge in [0, 0.05) is 25.8 Å². The van der Waals surface area contributed by atoms with E-state index in [-0.39, 0.29) is 0 Å². The van der Waals surface area contributed by atoms with Crippen LogP contribution in [0.5, 0.6) is 0 Å². The van der Waals surface area contributed by atoms with E-state index in [1.54, 1.807) is 15.2 Å². The molecule has 7 heteroatoms. The Hall–Kier alpha value is -0.920. The highest BCUT2D eigenvalue weighted by Gasteiger charge is 2.29. The molecule has 21 heavy (non-hydrogen) atoms. The summed E-state index contributed by atoms with van der Waals surface area (Å²) in [5.41, 5.74) is 0. The Kier molecular flexibility index (Phi) is 5.78. The van der Waals surface area contributed by atoms with Crippen molar-refractivity contribution < 1.29 is 8.42 Å². The number of aryl methyl sites for hydroxylation is 1. The van der Waals surface area contributed by atoms with Crippen LogP contribution in [0.4, 0.5) is 0 Å². The Balaban J connectivity index is 1.99. The second-order valence-electron chi connectivity index (χ2n) is 5.65. The molecule has 0 spiro atoms. The number of piperidine rings is 1. The molecule has 0 amide bonds. The zero-order chi connectivity index (χ0) is 15.3. The monoisotopic (exact) mass is 314 g/mol. The molecular formula is C14H26N4O2S. The minimum atomic E-state index is -3.37. The topological polar surface area (TPSA) is 67.2 Å². The quantitative estimate of drug-likeness (QED) is 0.771. The summed E-state index contributed by atoms with van der Waals surface area (Å²) in [5, 5.41) is 7.23. The lowest BCUT2D eigenvalue weighted by Crippen LogP contribution is -2.38. The molecule has 120 valence electrons. The molecule has 0 aromatic carbocycles. The van der Waals surface area contributed by atoms with E-state index in [0.29, 0.717) is 23.9 Å². The summed E-state index contributed by atoms with van der Waals surface area (Å²) in [6.07, 6.45) is 7.12. The summed E-state index contributed by atoms with van der Waals surface area (Å²) in [6.45, 7) is 5.06. The zero-order valence-corrected chi connectivity index (χ0v) is 13.8. The minimum Gasteiger partial charge on any atom is -0.320 e. The highest BCUT2D eigenvalue weighted by atomic mass is 32.2. The maximum absolute atomic E-state index is 12.6. The maximum Gasteiger partial charge on any atom is 0.246 e. The minimum absolute atomic E-state index is 0.321. The van der Waals surface area contributed by atoms with Crippen LogP contribution in [-0.4, -0.2) is 49.2 Å². The predicted molar refractivity (Wildman–Crippen MR) is 82.5 cm³/mol. The molecule has 1 N–H and O–H groups in total. The number of aromatic nitrogens is 2. The van der Waals surface area contributed by atoms with Gasteiger partial charge < -0.3 is 5.32 Å². The zero-order valence-electron chi connectivity index (χ0n) is 13.0. The van der Waals surface area contributed by atoms with Crippen molar-refractivity contribution in [2.24, 2.45) is 5.92 Å². The fourth-order valence-corrected chi connectivity index (χ4v) is 4.15. The molecule has 1 fully saturated rings. The first-order valence-corrected chi connectivity index (χ1v) is 9.19.